The van der Waals surface area contributed by atoms with E-state index in [4.69, 9.17) is 4.98 Å². The molecule has 5 aromatic rings. The second kappa shape index (κ2) is 8.54. The molecule has 0 atom stereocenters. The van der Waals surface area contributed by atoms with Crippen molar-refractivity contribution in [3.05, 3.63) is 125 Å². The minimum absolute atomic E-state index is 0.0908. The Labute approximate surface area is 185 Å². The molecule has 0 spiro atoms. The number of hydrogen-bond donors (Lipinski definition) is 1. The van der Waals surface area contributed by atoms with E-state index in [0.29, 0.717) is 5.56 Å². The fourth-order valence-electron chi connectivity index (χ4n) is 3.64. The highest BCUT2D eigenvalue weighted by Crippen LogP contribution is 2.37. The van der Waals surface area contributed by atoms with Gasteiger partial charge in [-0.05, 0) is 41.5 Å². The van der Waals surface area contributed by atoms with E-state index in [1.807, 2.05) is 36.4 Å². The average molecular weight is 421 g/mol. The minimum atomic E-state index is 0.0908. The number of nitrogens with zero attached hydrogens (tertiary/aromatic N) is 2. The fraction of sp³-hybridized carbons (Fsp3) is 0.0370. The van der Waals surface area contributed by atoms with Gasteiger partial charge in [-0.3, -0.25) is 4.99 Å². The Balaban J connectivity index is 1.53. The molecule has 0 saturated carbocycles. The van der Waals surface area contributed by atoms with E-state index in [2.05, 4.69) is 59.6 Å². The van der Waals surface area contributed by atoms with Gasteiger partial charge in [-0.1, -0.05) is 72.8 Å². The first-order chi connectivity index (χ1) is 15.3. The lowest BCUT2D eigenvalue weighted by molar-refractivity contribution is 0.474. The summed E-state index contributed by atoms with van der Waals surface area (Å²) in [6, 6.07) is 34.2. The van der Waals surface area contributed by atoms with Crippen molar-refractivity contribution < 1.29 is 5.11 Å². The highest BCUT2D eigenvalue weighted by atomic mass is 32.1. The second-order valence-electron chi connectivity index (χ2n) is 7.28. The third kappa shape index (κ3) is 4.11. The SMILES string of the molecule is Oc1ccccc1C=Nc1ccc2nc(C(c3ccccc3)c3ccccc3)sc2c1. The maximum absolute atomic E-state index is 9.94. The van der Waals surface area contributed by atoms with Gasteiger partial charge in [0.05, 0.1) is 21.8 Å². The van der Waals surface area contributed by atoms with Crippen LogP contribution in [0.5, 0.6) is 5.75 Å². The van der Waals surface area contributed by atoms with Gasteiger partial charge in [0.15, 0.2) is 0 Å². The summed E-state index contributed by atoms with van der Waals surface area (Å²) < 4.78 is 1.10. The molecule has 0 amide bonds. The number of thiazole rings is 1. The molecular weight excluding hydrogens is 400 g/mol. The van der Waals surface area contributed by atoms with Crippen LogP contribution in [0.2, 0.25) is 0 Å². The van der Waals surface area contributed by atoms with E-state index in [1.165, 1.54) is 11.1 Å². The first kappa shape index (κ1) is 19.2. The summed E-state index contributed by atoms with van der Waals surface area (Å²) in [6.07, 6.45) is 1.69. The van der Waals surface area contributed by atoms with Crippen LogP contribution in [-0.2, 0) is 0 Å². The number of aromatic hydroxyl groups is 1. The maximum Gasteiger partial charge on any atom is 0.124 e. The quantitative estimate of drug-likeness (QED) is 0.313. The lowest BCUT2D eigenvalue weighted by atomic mass is 9.92. The molecule has 0 aliphatic heterocycles. The normalized spacial score (nSPS) is 11.5. The Bertz CT molecular complexity index is 1300. The summed E-state index contributed by atoms with van der Waals surface area (Å²) in [6.45, 7) is 0. The van der Waals surface area contributed by atoms with Gasteiger partial charge < -0.3 is 5.11 Å². The number of phenols is 1. The van der Waals surface area contributed by atoms with Crippen LogP contribution in [0, 0.1) is 0 Å². The molecular formula is C27H20N2OS. The topological polar surface area (TPSA) is 45.5 Å². The summed E-state index contributed by atoms with van der Waals surface area (Å²) in [4.78, 5) is 9.52. The van der Waals surface area contributed by atoms with Crippen LogP contribution in [0.1, 0.15) is 27.6 Å². The summed E-state index contributed by atoms with van der Waals surface area (Å²) in [5, 5.41) is 11.0. The molecule has 4 heteroatoms. The number of hydrogen-bond acceptors (Lipinski definition) is 4. The van der Waals surface area contributed by atoms with Crippen molar-refractivity contribution in [3.8, 4) is 5.75 Å². The summed E-state index contributed by atoms with van der Waals surface area (Å²) in [7, 11) is 0. The third-order valence-electron chi connectivity index (χ3n) is 5.19. The van der Waals surface area contributed by atoms with Gasteiger partial charge in [-0.2, -0.15) is 0 Å². The van der Waals surface area contributed by atoms with Crippen molar-refractivity contribution in [1.82, 2.24) is 4.98 Å². The summed E-state index contributed by atoms with van der Waals surface area (Å²) >= 11 is 1.70. The van der Waals surface area contributed by atoms with E-state index < -0.39 is 0 Å². The number of benzene rings is 4. The molecule has 5 rings (SSSR count). The van der Waals surface area contributed by atoms with Crippen molar-refractivity contribution in [2.24, 2.45) is 4.99 Å². The number of aliphatic imine (C=N–C) groups is 1. The number of aromatic nitrogens is 1. The van der Waals surface area contributed by atoms with Crippen LogP contribution in [0.3, 0.4) is 0 Å². The van der Waals surface area contributed by atoms with Crippen molar-refractivity contribution in [2.75, 3.05) is 0 Å². The number of phenolic OH excluding ortho intramolecular Hbond substituents is 1. The highest BCUT2D eigenvalue weighted by molar-refractivity contribution is 7.18. The second-order valence-corrected chi connectivity index (χ2v) is 8.34. The standard InChI is InChI=1S/C27H20N2OS/c30-24-14-8-7-13-21(24)18-28-22-15-16-23-25(17-22)31-27(29-23)26(19-9-3-1-4-10-19)20-11-5-2-6-12-20/h1-18,26,30H. The first-order valence-corrected chi connectivity index (χ1v) is 10.9. The predicted molar refractivity (Wildman–Crippen MR) is 129 cm³/mol. The van der Waals surface area contributed by atoms with Crippen molar-refractivity contribution in [1.29, 1.82) is 0 Å². The van der Waals surface area contributed by atoms with Gasteiger partial charge >= 0.3 is 0 Å². The number of rotatable bonds is 5. The van der Waals surface area contributed by atoms with E-state index in [1.54, 1.807) is 29.7 Å². The van der Waals surface area contributed by atoms with E-state index in [-0.39, 0.29) is 11.7 Å². The van der Waals surface area contributed by atoms with E-state index in [0.717, 1.165) is 20.9 Å². The monoisotopic (exact) mass is 420 g/mol. The predicted octanol–water partition coefficient (Wildman–Crippen LogP) is 6.93. The molecule has 0 aliphatic rings. The van der Waals surface area contributed by atoms with Crippen LogP contribution >= 0.6 is 11.3 Å². The fourth-order valence-corrected chi connectivity index (χ4v) is 4.80. The van der Waals surface area contributed by atoms with Crippen molar-refractivity contribution in [3.63, 3.8) is 0 Å². The van der Waals surface area contributed by atoms with Gasteiger partial charge in [-0.25, -0.2) is 4.98 Å². The van der Waals surface area contributed by atoms with Gasteiger partial charge in [0, 0.05) is 11.8 Å². The molecule has 3 nitrogen and oxygen atoms in total. The molecule has 0 unspecified atom stereocenters. The Morgan fingerprint density at radius 1 is 0.774 bits per heavy atom. The maximum atomic E-state index is 9.94. The van der Waals surface area contributed by atoms with Crippen LogP contribution < -0.4 is 0 Å². The number of fused-ring (bicyclic) bond motifs is 1. The van der Waals surface area contributed by atoms with Gasteiger partial charge in [0.1, 0.15) is 10.8 Å². The smallest absolute Gasteiger partial charge is 0.124 e. The zero-order valence-corrected chi connectivity index (χ0v) is 17.5. The number of para-hydroxylation sites is 1. The zero-order chi connectivity index (χ0) is 21.0. The van der Waals surface area contributed by atoms with Gasteiger partial charge in [0.25, 0.3) is 0 Å². The molecule has 150 valence electrons. The van der Waals surface area contributed by atoms with Gasteiger partial charge in [-0.15, -0.1) is 11.3 Å². The first-order valence-electron chi connectivity index (χ1n) is 10.1. The molecule has 0 saturated heterocycles. The average Bonchev–Trinajstić information content (AvgIpc) is 3.23. The zero-order valence-electron chi connectivity index (χ0n) is 16.7. The third-order valence-corrected chi connectivity index (χ3v) is 6.27. The van der Waals surface area contributed by atoms with Gasteiger partial charge in [0.2, 0.25) is 0 Å². The van der Waals surface area contributed by atoms with Crippen LogP contribution in [-0.4, -0.2) is 16.3 Å². The molecule has 0 radical (unpaired) electrons. The summed E-state index contributed by atoms with van der Waals surface area (Å²) in [5.74, 6) is 0.314. The Kier molecular flexibility index (Phi) is 5.29. The lowest BCUT2D eigenvalue weighted by Crippen LogP contribution is -2.02. The summed E-state index contributed by atoms with van der Waals surface area (Å²) in [5.41, 5.74) is 4.96. The van der Waals surface area contributed by atoms with E-state index in [9.17, 15) is 5.11 Å². The van der Waals surface area contributed by atoms with E-state index >= 15 is 0 Å². The Morgan fingerprint density at radius 2 is 1.42 bits per heavy atom. The molecule has 31 heavy (non-hydrogen) atoms. The van der Waals surface area contributed by atoms with Crippen LogP contribution in [0.15, 0.2) is 108 Å². The molecule has 4 aromatic carbocycles. The minimum Gasteiger partial charge on any atom is -0.507 e. The highest BCUT2D eigenvalue weighted by Gasteiger charge is 2.20. The largest absolute Gasteiger partial charge is 0.507 e. The molecule has 0 aliphatic carbocycles. The lowest BCUT2D eigenvalue weighted by Gasteiger charge is -2.15. The van der Waals surface area contributed by atoms with Crippen molar-refractivity contribution in [2.45, 2.75) is 5.92 Å². The van der Waals surface area contributed by atoms with Crippen LogP contribution in [0.25, 0.3) is 10.2 Å². The van der Waals surface area contributed by atoms with Crippen molar-refractivity contribution >= 4 is 33.5 Å². The molecule has 1 N–H and O–H groups in total. The molecule has 0 fully saturated rings. The Hall–Kier alpha value is -3.76. The molecule has 1 aromatic heterocycles. The Morgan fingerprint density at radius 3 is 2.10 bits per heavy atom. The molecule has 1 heterocycles. The molecule has 0 bridgehead atoms. The van der Waals surface area contributed by atoms with Crippen LogP contribution in [0.4, 0.5) is 5.69 Å².